The van der Waals surface area contributed by atoms with Crippen LogP contribution in [0.1, 0.15) is 45.9 Å². The summed E-state index contributed by atoms with van der Waals surface area (Å²) in [5, 5.41) is 11.8. The molecular weight excluding hydrogens is 364 g/mol. The number of amides is 1. The quantitative estimate of drug-likeness (QED) is 0.585. The van der Waals surface area contributed by atoms with Crippen molar-refractivity contribution in [2.45, 2.75) is 25.2 Å². The topological polar surface area (TPSA) is 79.2 Å². The number of aromatic nitrogens is 5. The Morgan fingerprint density at radius 2 is 2.07 bits per heavy atom. The lowest BCUT2D eigenvalue weighted by Gasteiger charge is -2.32. The van der Waals surface area contributed by atoms with Gasteiger partial charge >= 0.3 is 0 Å². The van der Waals surface area contributed by atoms with Gasteiger partial charge in [0.2, 0.25) is 0 Å². The van der Waals surface area contributed by atoms with Crippen molar-refractivity contribution in [3.8, 4) is 0 Å². The number of fused-ring (bicyclic) bond motifs is 1. The maximum Gasteiger partial charge on any atom is 0.259 e. The smallest absolute Gasteiger partial charge is 0.259 e. The highest BCUT2D eigenvalue weighted by molar-refractivity contribution is 5.99. The maximum absolute atomic E-state index is 13.2. The number of hydrogen-bond acceptors (Lipinski definition) is 4. The Labute approximate surface area is 168 Å². The molecule has 0 radical (unpaired) electrons. The van der Waals surface area contributed by atoms with E-state index in [1.807, 2.05) is 17.2 Å². The Morgan fingerprint density at radius 1 is 1.17 bits per heavy atom. The van der Waals surface area contributed by atoms with Crippen molar-refractivity contribution in [3.63, 3.8) is 0 Å². The van der Waals surface area contributed by atoms with Crippen molar-refractivity contribution in [3.05, 3.63) is 83.6 Å². The van der Waals surface area contributed by atoms with Gasteiger partial charge in [-0.2, -0.15) is 10.2 Å². The number of nitrogens with one attached hydrogen (secondary N) is 1. The lowest BCUT2D eigenvalue weighted by Crippen LogP contribution is -2.39. The molecule has 1 atom stereocenters. The van der Waals surface area contributed by atoms with E-state index in [1.54, 1.807) is 29.2 Å². The van der Waals surface area contributed by atoms with E-state index in [0.29, 0.717) is 17.8 Å². The molecule has 4 aromatic rings. The first-order valence-electron chi connectivity index (χ1n) is 9.93. The van der Waals surface area contributed by atoms with Gasteiger partial charge in [0, 0.05) is 43.5 Å². The molecule has 146 valence electrons. The van der Waals surface area contributed by atoms with E-state index < -0.39 is 0 Å². The van der Waals surface area contributed by atoms with Crippen molar-refractivity contribution in [1.29, 1.82) is 0 Å². The molecular formula is C22H22N6O. The van der Waals surface area contributed by atoms with Gasteiger partial charge in [0.05, 0.1) is 12.4 Å². The molecule has 7 heteroatoms. The van der Waals surface area contributed by atoms with Crippen LogP contribution >= 0.6 is 0 Å². The first-order chi connectivity index (χ1) is 14.3. The van der Waals surface area contributed by atoms with E-state index in [-0.39, 0.29) is 11.8 Å². The Hall–Kier alpha value is -3.48. The van der Waals surface area contributed by atoms with Crippen LogP contribution in [0.3, 0.4) is 0 Å². The van der Waals surface area contributed by atoms with Crippen LogP contribution in [0.15, 0.2) is 61.2 Å². The van der Waals surface area contributed by atoms with Gasteiger partial charge in [-0.25, -0.2) is 9.50 Å². The monoisotopic (exact) mass is 386 g/mol. The van der Waals surface area contributed by atoms with Crippen molar-refractivity contribution in [2.75, 3.05) is 13.1 Å². The van der Waals surface area contributed by atoms with Crippen LogP contribution in [0.25, 0.3) is 5.65 Å². The molecule has 4 heterocycles. The Morgan fingerprint density at radius 3 is 2.97 bits per heavy atom. The lowest BCUT2D eigenvalue weighted by molar-refractivity contribution is 0.0707. The van der Waals surface area contributed by atoms with Gasteiger partial charge in [-0.05, 0) is 30.0 Å². The van der Waals surface area contributed by atoms with Crippen molar-refractivity contribution >= 4 is 11.6 Å². The van der Waals surface area contributed by atoms with Crippen LogP contribution in [0.4, 0.5) is 0 Å². The number of hydrogen-bond donors (Lipinski definition) is 1. The second-order valence-corrected chi connectivity index (χ2v) is 7.51. The molecule has 1 aliphatic heterocycles. The Bertz CT molecular complexity index is 1130. The van der Waals surface area contributed by atoms with E-state index in [2.05, 4.69) is 44.5 Å². The van der Waals surface area contributed by atoms with Gasteiger partial charge in [0.15, 0.2) is 5.65 Å². The maximum atomic E-state index is 13.2. The molecule has 1 saturated heterocycles. The van der Waals surface area contributed by atoms with Gasteiger partial charge in [-0.15, -0.1) is 0 Å². The van der Waals surface area contributed by atoms with Crippen LogP contribution in [-0.4, -0.2) is 48.7 Å². The average molecular weight is 386 g/mol. The molecule has 1 N–H and O–H groups in total. The number of carbonyl (C=O) groups excluding carboxylic acids is 1. The largest absolute Gasteiger partial charge is 0.338 e. The van der Waals surface area contributed by atoms with Gasteiger partial charge < -0.3 is 4.90 Å². The highest BCUT2D eigenvalue weighted by Crippen LogP contribution is 2.30. The molecule has 1 aliphatic rings. The normalized spacial score (nSPS) is 17.0. The summed E-state index contributed by atoms with van der Waals surface area (Å²) in [4.78, 5) is 19.4. The Kier molecular flexibility index (Phi) is 4.56. The minimum absolute atomic E-state index is 0.00692. The van der Waals surface area contributed by atoms with E-state index >= 15 is 0 Å². The molecule has 29 heavy (non-hydrogen) atoms. The summed E-state index contributed by atoms with van der Waals surface area (Å²) in [5.41, 5.74) is 4.76. The number of H-pyrrole nitrogens is 1. The summed E-state index contributed by atoms with van der Waals surface area (Å²) in [5.74, 6) is 0.247. The molecule has 5 rings (SSSR count). The second-order valence-electron chi connectivity index (χ2n) is 7.51. The average Bonchev–Trinajstić information content (AvgIpc) is 3.41. The number of aromatic amines is 1. The van der Waals surface area contributed by atoms with Crippen LogP contribution in [0, 0.1) is 0 Å². The van der Waals surface area contributed by atoms with E-state index in [4.69, 9.17) is 0 Å². The van der Waals surface area contributed by atoms with Gasteiger partial charge in [-0.1, -0.05) is 30.3 Å². The fraction of sp³-hybridized carbons (Fsp3) is 0.273. The minimum atomic E-state index is -0.00692. The predicted octanol–water partition coefficient (Wildman–Crippen LogP) is 3.06. The number of carbonyl (C=O) groups is 1. The standard InChI is InChI=1S/C22H22N6O/c29-22(19-14-25-28-11-5-9-23-21(19)28)27-10-4-8-17(15-27)20-18(13-24-26-20)12-16-6-2-1-3-7-16/h1-3,5-7,9,11,13-14,17H,4,8,10,12,15H2,(H,24,26)/t17-/m0/s1. The van der Waals surface area contributed by atoms with Crippen LogP contribution < -0.4 is 0 Å². The zero-order valence-corrected chi connectivity index (χ0v) is 16.0. The third-order valence-corrected chi connectivity index (χ3v) is 5.62. The summed E-state index contributed by atoms with van der Waals surface area (Å²) >= 11 is 0. The lowest BCUT2D eigenvalue weighted by atomic mass is 9.90. The fourth-order valence-electron chi connectivity index (χ4n) is 4.18. The summed E-state index contributed by atoms with van der Waals surface area (Å²) in [6, 6.07) is 12.2. The van der Waals surface area contributed by atoms with Crippen LogP contribution in [0.5, 0.6) is 0 Å². The molecule has 7 nitrogen and oxygen atoms in total. The summed E-state index contributed by atoms with van der Waals surface area (Å²) in [6.07, 6.45) is 9.87. The predicted molar refractivity (Wildman–Crippen MR) is 109 cm³/mol. The molecule has 1 fully saturated rings. The molecule has 0 saturated carbocycles. The second kappa shape index (κ2) is 7.50. The van der Waals surface area contributed by atoms with Gasteiger partial charge in [-0.3, -0.25) is 9.89 Å². The highest BCUT2D eigenvalue weighted by atomic mass is 16.2. The third kappa shape index (κ3) is 3.40. The number of piperidine rings is 1. The number of rotatable bonds is 4. The number of benzene rings is 1. The van der Waals surface area contributed by atoms with E-state index in [0.717, 1.165) is 31.5 Å². The summed E-state index contributed by atoms with van der Waals surface area (Å²) in [6.45, 7) is 1.43. The minimum Gasteiger partial charge on any atom is -0.338 e. The van der Waals surface area contributed by atoms with E-state index in [1.165, 1.54) is 11.1 Å². The molecule has 0 unspecified atom stereocenters. The van der Waals surface area contributed by atoms with Gasteiger partial charge in [0.25, 0.3) is 5.91 Å². The molecule has 1 aromatic carbocycles. The van der Waals surface area contributed by atoms with Crippen molar-refractivity contribution in [1.82, 2.24) is 29.7 Å². The van der Waals surface area contributed by atoms with Crippen LogP contribution in [0.2, 0.25) is 0 Å². The SMILES string of the molecule is O=C(c1cnn2cccnc12)N1CCC[C@H](c2[nH]ncc2Cc2ccccc2)C1. The zero-order chi connectivity index (χ0) is 19.6. The van der Waals surface area contributed by atoms with Crippen molar-refractivity contribution < 1.29 is 4.79 Å². The summed E-state index contributed by atoms with van der Waals surface area (Å²) < 4.78 is 1.64. The zero-order valence-electron chi connectivity index (χ0n) is 16.0. The van der Waals surface area contributed by atoms with E-state index in [9.17, 15) is 4.79 Å². The first kappa shape index (κ1) is 17.6. The number of nitrogens with zero attached hydrogens (tertiary/aromatic N) is 5. The highest BCUT2D eigenvalue weighted by Gasteiger charge is 2.29. The molecule has 0 bridgehead atoms. The van der Waals surface area contributed by atoms with Crippen LogP contribution in [-0.2, 0) is 6.42 Å². The third-order valence-electron chi connectivity index (χ3n) is 5.62. The fourth-order valence-corrected chi connectivity index (χ4v) is 4.18. The number of likely N-dealkylation sites (tertiary alicyclic amines) is 1. The summed E-state index contributed by atoms with van der Waals surface area (Å²) in [7, 11) is 0. The molecule has 0 spiro atoms. The molecule has 1 amide bonds. The first-order valence-corrected chi connectivity index (χ1v) is 9.93. The molecule has 0 aliphatic carbocycles. The Balaban J connectivity index is 1.36. The molecule has 3 aromatic heterocycles. The van der Waals surface area contributed by atoms with Crippen molar-refractivity contribution in [2.24, 2.45) is 0 Å². The van der Waals surface area contributed by atoms with Gasteiger partial charge in [0.1, 0.15) is 5.56 Å².